The summed E-state index contributed by atoms with van der Waals surface area (Å²) in [5, 5.41) is 21.1. The van der Waals surface area contributed by atoms with Crippen molar-refractivity contribution in [3.63, 3.8) is 0 Å². The van der Waals surface area contributed by atoms with Crippen molar-refractivity contribution in [2.24, 2.45) is 0 Å². The Hall–Kier alpha value is -2.95. The lowest BCUT2D eigenvalue weighted by atomic mass is 10.1. The van der Waals surface area contributed by atoms with Crippen LogP contribution in [0.15, 0.2) is 53.4 Å². The number of nitrogens with one attached hydrogen (secondary N) is 2. The molecule has 1 unspecified atom stereocenters. The second-order valence-corrected chi connectivity index (χ2v) is 8.17. The van der Waals surface area contributed by atoms with Crippen LogP contribution < -0.4 is 15.5 Å². The van der Waals surface area contributed by atoms with Crippen molar-refractivity contribution in [1.29, 1.82) is 0 Å². The largest absolute Gasteiger partial charge is 0.497 e. The molecule has 2 aromatic carbocycles. The molecule has 0 fully saturated rings. The molecular formula is C18H20N2O7S. The molecule has 2 amide bonds. The number of carbonyl (C=O) groups excluding carboxylic acids is 2. The number of benzene rings is 2. The molecule has 0 heterocycles. The third-order valence-electron chi connectivity index (χ3n) is 3.87. The lowest BCUT2D eigenvalue weighted by Crippen LogP contribution is -2.48. The van der Waals surface area contributed by atoms with Crippen molar-refractivity contribution in [2.45, 2.75) is 17.4 Å². The Morgan fingerprint density at radius 3 is 2.36 bits per heavy atom. The molecule has 0 aliphatic carbocycles. The maximum Gasteiger partial charge on any atom is 0.276 e. The smallest absolute Gasteiger partial charge is 0.276 e. The van der Waals surface area contributed by atoms with Gasteiger partial charge in [-0.15, -0.1) is 0 Å². The van der Waals surface area contributed by atoms with E-state index in [1.165, 1.54) is 36.9 Å². The normalized spacial score (nSPS) is 13.3. The summed E-state index contributed by atoms with van der Waals surface area (Å²) in [6.45, 7) is 0.971. The van der Waals surface area contributed by atoms with E-state index in [0.29, 0.717) is 17.0 Å². The summed E-state index contributed by atoms with van der Waals surface area (Å²) in [5.41, 5.74) is -0.372. The summed E-state index contributed by atoms with van der Waals surface area (Å²) in [6, 6.07) is 11.8. The summed E-state index contributed by atoms with van der Waals surface area (Å²) in [4.78, 5) is 23.5. The van der Waals surface area contributed by atoms with E-state index in [9.17, 15) is 23.1 Å². The van der Waals surface area contributed by atoms with E-state index in [4.69, 9.17) is 9.94 Å². The van der Waals surface area contributed by atoms with Crippen LogP contribution in [0.3, 0.4) is 0 Å². The van der Waals surface area contributed by atoms with Crippen LogP contribution in [-0.2, 0) is 14.6 Å². The first-order chi connectivity index (χ1) is 13.1. The molecule has 0 aliphatic rings. The molecule has 28 heavy (non-hydrogen) atoms. The molecule has 150 valence electrons. The van der Waals surface area contributed by atoms with Gasteiger partial charge >= 0.3 is 0 Å². The van der Waals surface area contributed by atoms with Gasteiger partial charge in [0.15, 0.2) is 15.4 Å². The number of amides is 2. The van der Waals surface area contributed by atoms with E-state index < -0.39 is 33.0 Å². The number of rotatable bonds is 7. The van der Waals surface area contributed by atoms with E-state index in [0.717, 1.165) is 6.92 Å². The third-order valence-corrected chi connectivity index (χ3v) is 5.80. The van der Waals surface area contributed by atoms with Gasteiger partial charge < -0.3 is 15.2 Å². The molecule has 2 rings (SSSR count). The number of sulfone groups is 1. The first-order valence-corrected chi connectivity index (χ1v) is 9.69. The molecule has 2 aromatic rings. The Morgan fingerprint density at radius 2 is 1.79 bits per heavy atom. The maximum absolute atomic E-state index is 12.4. The predicted molar refractivity (Wildman–Crippen MR) is 100.0 cm³/mol. The van der Waals surface area contributed by atoms with Crippen molar-refractivity contribution in [2.75, 3.05) is 18.2 Å². The van der Waals surface area contributed by atoms with Crippen LogP contribution in [0.25, 0.3) is 0 Å². The van der Waals surface area contributed by atoms with Gasteiger partial charge in [0.05, 0.1) is 17.8 Å². The zero-order valence-electron chi connectivity index (χ0n) is 15.2. The fourth-order valence-corrected chi connectivity index (χ4v) is 3.94. The third kappa shape index (κ3) is 5.06. The van der Waals surface area contributed by atoms with Crippen molar-refractivity contribution in [3.05, 3.63) is 54.1 Å². The maximum atomic E-state index is 12.4. The number of ether oxygens (including phenoxy) is 1. The molecule has 1 atom stereocenters. The number of hydrogen-bond acceptors (Lipinski definition) is 7. The molecule has 0 aliphatic heterocycles. The van der Waals surface area contributed by atoms with Gasteiger partial charge in [-0.3, -0.25) is 14.8 Å². The molecule has 0 spiro atoms. The fourth-order valence-electron chi connectivity index (χ4n) is 2.35. The highest BCUT2D eigenvalue weighted by atomic mass is 32.2. The van der Waals surface area contributed by atoms with Gasteiger partial charge in [-0.1, -0.05) is 6.07 Å². The first-order valence-electron chi connectivity index (χ1n) is 8.04. The van der Waals surface area contributed by atoms with Gasteiger partial charge in [-0.2, -0.15) is 0 Å². The van der Waals surface area contributed by atoms with Crippen LogP contribution in [0, 0.1) is 0 Å². The van der Waals surface area contributed by atoms with Crippen molar-refractivity contribution in [3.8, 4) is 5.75 Å². The zero-order valence-corrected chi connectivity index (χ0v) is 16.0. The monoisotopic (exact) mass is 408 g/mol. The van der Waals surface area contributed by atoms with E-state index in [2.05, 4.69) is 5.32 Å². The average molecular weight is 408 g/mol. The summed E-state index contributed by atoms with van der Waals surface area (Å²) in [6.07, 6.45) is 0. The summed E-state index contributed by atoms with van der Waals surface area (Å²) < 4.78 is 29.8. The summed E-state index contributed by atoms with van der Waals surface area (Å²) >= 11 is 0. The number of hydroxylamine groups is 1. The molecule has 4 N–H and O–H groups in total. The first kappa shape index (κ1) is 21.4. The van der Waals surface area contributed by atoms with Crippen molar-refractivity contribution >= 4 is 27.3 Å². The van der Waals surface area contributed by atoms with Gasteiger partial charge in [0.2, 0.25) is 0 Å². The van der Waals surface area contributed by atoms with Crippen LogP contribution in [0.5, 0.6) is 5.75 Å². The number of hydrogen-bond donors (Lipinski definition) is 4. The topological polar surface area (TPSA) is 142 Å². The second kappa shape index (κ2) is 8.38. The van der Waals surface area contributed by atoms with E-state index >= 15 is 0 Å². The SMILES string of the molecule is COc1cccc(C(=O)Nc2ccc(S(=O)(=O)CC(C)(O)C(=O)NO)cc2)c1. The average Bonchev–Trinajstić information content (AvgIpc) is 2.66. The second-order valence-electron chi connectivity index (χ2n) is 6.18. The Kier molecular flexibility index (Phi) is 6.39. The summed E-state index contributed by atoms with van der Waals surface area (Å²) in [5.74, 6) is -2.05. The van der Waals surface area contributed by atoms with Crippen LogP contribution in [0.1, 0.15) is 17.3 Å². The lowest BCUT2D eigenvalue weighted by Gasteiger charge is -2.20. The molecule has 10 heteroatoms. The van der Waals surface area contributed by atoms with Gasteiger partial charge in [0.1, 0.15) is 5.75 Å². The van der Waals surface area contributed by atoms with E-state index in [1.807, 2.05) is 0 Å². The minimum absolute atomic E-state index is 0.155. The van der Waals surface area contributed by atoms with Gasteiger partial charge in [0, 0.05) is 11.3 Å². The Morgan fingerprint density at radius 1 is 1.14 bits per heavy atom. The van der Waals surface area contributed by atoms with Crippen LogP contribution in [0.4, 0.5) is 5.69 Å². The number of anilines is 1. The number of carbonyl (C=O) groups is 2. The van der Waals surface area contributed by atoms with Crippen molar-refractivity contribution in [1.82, 2.24) is 5.48 Å². The van der Waals surface area contributed by atoms with Crippen LogP contribution in [-0.4, -0.2) is 49.0 Å². The van der Waals surface area contributed by atoms with Gasteiger partial charge in [-0.05, 0) is 49.4 Å². The molecule has 0 radical (unpaired) electrons. The minimum atomic E-state index is -4.03. The van der Waals surface area contributed by atoms with Crippen LogP contribution in [0.2, 0.25) is 0 Å². The Labute approximate surface area is 161 Å². The molecule has 0 bridgehead atoms. The molecule has 0 saturated carbocycles. The van der Waals surface area contributed by atoms with Crippen LogP contribution >= 0.6 is 0 Å². The molecule has 0 aromatic heterocycles. The van der Waals surface area contributed by atoms with Gasteiger partial charge in [0.25, 0.3) is 11.8 Å². The minimum Gasteiger partial charge on any atom is -0.497 e. The van der Waals surface area contributed by atoms with E-state index in [1.54, 1.807) is 24.3 Å². The Balaban J connectivity index is 2.14. The van der Waals surface area contributed by atoms with Gasteiger partial charge in [-0.25, -0.2) is 13.9 Å². The molecule has 9 nitrogen and oxygen atoms in total. The van der Waals surface area contributed by atoms with E-state index in [-0.39, 0.29) is 4.90 Å². The molecule has 0 saturated heterocycles. The van der Waals surface area contributed by atoms with Crippen molar-refractivity contribution < 1.29 is 33.1 Å². The molecular weight excluding hydrogens is 388 g/mol. The summed E-state index contributed by atoms with van der Waals surface area (Å²) in [7, 11) is -2.55. The number of methoxy groups -OCH3 is 1. The highest BCUT2D eigenvalue weighted by molar-refractivity contribution is 7.91. The quantitative estimate of drug-likeness (QED) is 0.395. The Bertz CT molecular complexity index is 970. The highest BCUT2D eigenvalue weighted by Crippen LogP contribution is 2.20. The zero-order chi connectivity index (χ0) is 20.9. The lowest BCUT2D eigenvalue weighted by molar-refractivity contribution is -0.144. The standard InChI is InChI=1S/C18H20N2O7S/c1-18(23,17(22)20-24)11-28(25,26)15-8-6-13(7-9-15)19-16(21)12-4-3-5-14(10-12)27-2/h3-10,23-24H,11H2,1-2H3,(H,19,21)(H,20,22). The predicted octanol–water partition coefficient (Wildman–Crippen LogP) is 0.978. The highest BCUT2D eigenvalue weighted by Gasteiger charge is 2.36. The number of aliphatic hydroxyl groups is 1. The fraction of sp³-hybridized carbons (Fsp3) is 0.222.